The smallest absolute Gasteiger partial charge is 0.243 e. The molecule has 0 aliphatic carbocycles. The molecule has 2 heterocycles. The Morgan fingerprint density at radius 2 is 1.59 bits per heavy atom. The highest BCUT2D eigenvalue weighted by molar-refractivity contribution is 7.89. The molecule has 2 aliphatic rings. The molecular formula is C23H28N2O6S. The van der Waals surface area contributed by atoms with Gasteiger partial charge in [-0.05, 0) is 66.8 Å². The van der Waals surface area contributed by atoms with Crippen molar-refractivity contribution in [2.75, 3.05) is 34.4 Å². The van der Waals surface area contributed by atoms with Crippen molar-refractivity contribution in [3.63, 3.8) is 0 Å². The molecule has 2 aliphatic heterocycles. The van der Waals surface area contributed by atoms with Crippen LogP contribution in [0.1, 0.15) is 24.0 Å². The Morgan fingerprint density at radius 1 is 0.938 bits per heavy atom. The van der Waals surface area contributed by atoms with Gasteiger partial charge in [-0.3, -0.25) is 4.79 Å². The number of ether oxygens (including phenoxy) is 3. The number of amides is 1. The third kappa shape index (κ3) is 4.02. The molecule has 4 rings (SSSR count). The van der Waals surface area contributed by atoms with E-state index in [1.165, 1.54) is 23.5 Å². The molecule has 1 saturated heterocycles. The minimum atomic E-state index is -3.78. The van der Waals surface area contributed by atoms with E-state index < -0.39 is 16.1 Å². The zero-order valence-corrected chi connectivity index (χ0v) is 19.4. The van der Waals surface area contributed by atoms with Crippen LogP contribution in [-0.2, 0) is 27.8 Å². The molecule has 0 radical (unpaired) electrons. The van der Waals surface area contributed by atoms with Crippen molar-refractivity contribution in [2.45, 2.75) is 36.7 Å². The number of rotatable bonds is 6. The van der Waals surface area contributed by atoms with Gasteiger partial charge in [-0.2, -0.15) is 4.31 Å². The number of hydrogen-bond acceptors (Lipinski definition) is 6. The summed E-state index contributed by atoms with van der Waals surface area (Å²) in [6.45, 7) is 1.29. The van der Waals surface area contributed by atoms with Gasteiger partial charge in [0.05, 0.1) is 26.2 Å². The average molecular weight is 461 g/mol. The lowest BCUT2D eigenvalue weighted by Gasteiger charge is -2.33. The van der Waals surface area contributed by atoms with Gasteiger partial charge in [0.2, 0.25) is 15.9 Å². The minimum Gasteiger partial charge on any atom is -0.497 e. The molecule has 9 heteroatoms. The maximum Gasteiger partial charge on any atom is 0.243 e. The average Bonchev–Trinajstić information content (AvgIpc) is 3.33. The van der Waals surface area contributed by atoms with Gasteiger partial charge in [0.25, 0.3) is 0 Å². The molecule has 32 heavy (non-hydrogen) atoms. The lowest BCUT2D eigenvalue weighted by Crippen LogP contribution is -2.49. The predicted molar refractivity (Wildman–Crippen MR) is 119 cm³/mol. The van der Waals surface area contributed by atoms with Crippen molar-refractivity contribution in [3.8, 4) is 17.2 Å². The van der Waals surface area contributed by atoms with Crippen molar-refractivity contribution in [1.29, 1.82) is 0 Å². The van der Waals surface area contributed by atoms with Crippen LogP contribution in [0.3, 0.4) is 0 Å². The summed E-state index contributed by atoms with van der Waals surface area (Å²) < 4.78 is 43.8. The van der Waals surface area contributed by atoms with E-state index in [4.69, 9.17) is 14.2 Å². The number of carbonyl (C=O) groups excluding carboxylic acids is 1. The summed E-state index contributed by atoms with van der Waals surface area (Å²) in [5.74, 6) is 1.71. The Bertz CT molecular complexity index is 1100. The number of fused-ring (bicyclic) bond motifs is 1. The summed E-state index contributed by atoms with van der Waals surface area (Å²) in [5, 5.41) is 0. The maximum absolute atomic E-state index is 13.4. The second-order valence-electron chi connectivity index (χ2n) is 7.94. The normalized spacial score (nSPS) is 18.8. The zero-order chi connectivity index (χ0) is 22.9. The number of carbonyl (C=O) groups is 1. The summed E-state index contributed by atoms with van der Waals surface area (Å²) in [4.78, 5) is 15.3. The van der Waals surface area contributed by atoms with Crippen molar-refractivity contribution >= 4 is 15.9 Å². The Labute approximate surface area is 188 Å². The first-order chi connectivity index (χ1) is 15.4. The van der Waals surface area contributed by atoms with Crippen molar-refractivity contribution in [3.05, 3.63) is 47.5 Å². The molecule has 0 aromatic heterocycles. The van der Waals surface area contributed by atoms with Gasteiger partial charge in [-0.15, -0.1) is 0 Å². The first-order valence-corrected chi connectivity index (χ1v) is 12.0. The largest absolute Gasteiger partial charge is 0.497 e. The third-order valence-electron chi connectivity index (χ3n) is 6.18. The van der Waals surface area contributed by atoms with Crippen LogP contribution in [0.15, 0.2) is 41.3 Å². The maximum atomic E-state index is 13.4. The monoisotopic (exact) mass is 460 g/mol. The Balaban J connectivity index is 1.55. The summed E-state index contributed by atoms with van der Waals surface area (Å²) >= 11 is 0. The highest BCUT2D eigenvalue weighted by atomic mass is 32.2. The fourth-order valence-corrected chi connectivity index (χ4v) is 6.09. The fraction of sp³-hybridized carbons (Fsp3) is 0.435. The van der Waals surface area contributed by atoms with E-state index in [-0.39, 0.29) is 10.8 Å². The van der Waals surface area contributed by atoms with Gasteiger partial charge in [0.15, 0.2) is 11.5 Å². The predicted octanol–water partition coefficient (Wildman–Crippen LogP) is 2.45. The van der Waals surface area contributed by atoms with Gasteiger partial charge in [0, 0.05) is 19.6 Å². The van der Waals surface area contributed by atoms with E-state index in [1.54, 1.807) is 31.3 Å². The summed E-state index contributed by atoms with van der Waals surface area (Å²) in [6.07, 6.45) is 1.85. The van der Waals surface area contributed by atoms with Crippen LogP contribution in [0.2, 0.25) is 0 Å². The van der Waals surface area contributed by atoms with Gasteiger partial charge in [-0.1, -0.05) is 0 Å². The molecule has 1 atom stereocenters. The summed E-state index contributed by atoms with van der Waals surface area (Å²) in [5.41, 5.74) is 2.10. The number of nitrogens with zero attached hydrogens (tertiary/aromatic N) is 2. The van der Waals surface area contributed by atoms with Crippen LogP contribution >= 0.6 is 0 Å². The molecule has 0 N–H and O–H groups in total. The molecule has 2 aromatic carbocycles. The molecule has 8 nitrogen and oxygen atoms in total. The number of hydrogen-bond donors (Lipinski definition) is 0. The molecule has 0 unspecified atom stereocenters. The van der Waals surface area contributed by atoms with E-state index in [9.17, 15) is 13.2 Å². The summed E-state index contributed by atoms with van der Waals surface area (Å²) in [6, 6.07) is 9.42. The fourth-order valence-electron chi connectivity index (χ4n) is 4.44. The van der Waals surface area contributed by atoms with Gasteiger partial charge < -0.3 is 19.1 Å². The summed E-state index contributed by atoms with van der Waals surface area (Å²) in [7, 11) is 0.924. The van der Waals surface area contributed by atoms with E-state index in [0.717, 1.165) is 11.1 Å². The molecule has 1 amide bonds. The minimum absolute atomic E-state index is 0.153. The molecule has 0 saturated carbocycles. The third-order valence-corrected chi connectivity index (χ3v) is 8.11. The lowest BCUT2D eigenvalue weighted by molar-refractivity contribution is -0.135. The topological polar surface area (TPSA) is 85.4 Å². The van der Waals surface area contributed by atoms with Crippen LogP contribution in [0.25, 0.3) is 0 Å². The highest BCUT2D eigenvalue weighted by Gasteiger charge is 2.41. The van der Waals surface area contributed by atoms with Crippen LogP contribution in [-0.4, -0.2) is 64.0 Å². The standard InChI is InChI=1S/C23H28N2O6S/c1-29-18-6-8-19(9-7-18)32(27,28)25-11-4-5-20(25)23(26)24-12-10-16-13-21(30-2)22(31-3)14-17(16)15-24/h6-9,13-14,20H,4-5,10-12,15H2,1-3H3/t20-/m0/s1. The molecule has 0 spiro atoms. The van der Waals surface area contributed by atoms with Gasteiger partial charge in [0.1, 0.15) is 11.8 Å². The van der Waals surface area contributed by atoms with E-state index in [0.29, 0.717) is 56.1 Å². The number of sulfonamides is 1. The van der Waals surface area contributed by atoms with Gasteiger partial charge in [-0.25, -0.2) is 8.42 Å². The highest BCUT2D eigenvalue weighted by Crippen LogP contribution is 2.34. The second kappa shape index (κ2) is 8.99. The van der Waals surface area contributed by atoms with Crippen molar-refractivity contribution in [2.24, 2.45) is 0 Å². The molecule has 1 fully saturated rings. The lowest BCUT2D eigenvalue weighted by atomic mass is 9.98. The molecular weight excluding hydrogens is 432 g/mol. The van der Waals surface area contributed by atoms with E-state index in [2.05, 4.69) is 0 Å². The quantitative estimate of drug-likeness (QED) is 0.658. The first kappa shape index (κ1) is 22.4. The van der Waals surface area contributed by atoms with E-state index in [1.807, 2.05) is 12.1 Å². The zero-order valence-electron chi connectivity index (χ0n) is 18.5. The number of benzene rings is 2. The van der Waals surface area contributed by atoms with Crippen LogP contribution in [0.5, 0.6) is 17.2 Å². The second-order valence-corrected chi connectivity index (χ2v) is 9.83. The van der Waals surface area contributed by atoms with Gasteiger partial charge >= 0.3 is 0 Å². The molecule has 172 valence electrons. The van der Waals surface area contributed by atoms with Crippen molar-refractivity contribution in [1.82, 2.24) is 9.21 Å². The Hall–Kier alpha value is -2.78. The van der Waals surface area contributed by atoms with E-state index >= 15 is 0 Å². The molecule has 0 bridgehead atoms. The first-order valence-electron chi connectivity index (χ1n) is 10.6. The van der Waals surface area contributed by atoms with Crippen LogP contribution < -0.4 is 14.2 Å². The molecule has 2 aromatic rings. The Kier molecular flexibility index (Phi) is 6.30. The van der Waals surface area contributed by atoms with Crippen LogP contribution in [0.4, 0.5) is 0 Å². The Morgan fingerprint density at radius 3 is 2.22 bits per heavy atom. The van der Waals surface area contributed by atoms with Crippen LogP contribution in [0, 0.1) is 0 Å². The SMILES string of the molecule is COc1ccc(S(=O)(=O)N2CCC[C@H]2C(=O)N2CCc3cc(OC)c(OC)cc3C2)cc1. The number of methoxy groups -OCH3 is 3. The van der Waals surface area contributed by atoms with Crippen molar-refractivity contribution < 1.29 is 27.4 Å².